The SMILES string of the molecule is CO[C@H]1CCN(c2ccc(NC(=O)NC3CCCCC3)cc2)C1. The zero-order valence-electron chi connectivity index (χ0n) is 13.9. The number of anilines is 2. The first-order chi connectivity index (χ1) is 11.2. The quantitative estimate of drug-likeness (QED) is 0.895. The maximum absolute atomic E-state index is 12.1. The molecule has 0 aromatic heterocycles. The van der Waals surface area contributed by atoms with Gasteiger partial charge in [-0.05, 0) is 43.5 Å². The van der Waals surface area contributed by atoms with E-state index in [-0.39, 0.29) is 6.03 Å². The number of benzene rings is 1. The molecule has 2 aliphatic rings. The number of carbonyl (C=O) groups excluding carboxylic acids is 1. The summed E-state index contributed by atoms with van der Waals surface area (Å²) in [5.41, 5.74) is 2.02. The summed E-state index contributed by atoms with van der Waals surface area (Å²) >= 11 is 0. The van der Waals surface area contributed by atoms with E-state index in [1.165, 1.54) is 24.9 Å². The summed E-state index contributed by atoms with van der Waals surface area (Å²) in [5.74, 6) is 0. The van der Waals surface area contributed by atoms with E-state index in [2.05, 4.69) is 27.7 Å². The molecule has 3 rings (SSSR count). The standard InChI is InChI=1S/C18H27N3O2/c1-23-17-11-12-21(13-17)16-9-7-15(8-10-16)20-18(22)19-14-5-3-2-4-6-14/h7-10,14,17H,2-6,11-13H2,1H3,(H2,19,20,22)/t17-/m0/s1. The molecule has 0 radical (unpaired) electrons. The Morgan fingerprint density at radius 1 is 1.13 bits per heavy atom. The minimum absolute atomic E-state index is 0.0923. The average molecular weight is 317 g/mol. The minimum Gasteiger partial charge on any atom is -0.380 e. The van der Waals surface area contributed by atoms with Gasteiger partial charge in [0, 0.05) is 37.6 Å². The van der Waals surface area contributed by atoms with Gasteiger partial charge in [-0.15, -0.1) is 0 Å². The highest BCUT2D eigenvalue weighted by molar-refractivity contribution is 5.89. The molecule has 5 nitrogen and oxygen atoms in total. The summed E-state index contributed by atoms with van der Waals surface area (Å²) in [7, 11) is 1.77. The van der Waals surface area contributed by atoms with Gasteiger partial charge in [-0.25, -0.2) is 4.79 Å². The van der Waals surface area contributed by atoms with Gasteiger partial charge in [0.15, 0.2) is 0 Å². The van der Waals surface area contributed by atoms with Crippen molar-refractivity contribution in [2.24, 2.45) is 0 Å². The van der Waals surface area contributed by atoms with Gasteiger partial charge in [-0.3, -0.25) is 0 Å². The Kier molecular flexibility index (Phi) is 5.39. The molecule has 1 saturated carbocycles. The Labute approximate surface area is 138 Å². The van der Waals surface area contributed by atoms with Crippen molar-refractivity contribution in [1.29, 1.82) is 0 Å². The van der Waals surface area contributed by atoms with Crippen LogP contribution in [-0.4, -0.2) is 38.4 Å². The maximum Gasteiger partial charge on any atom is 0.319 e. The highest BCUT2D eigenvalue weighted by Gasteiger charge is 2.22. The molecule has 0 unspecified atom stereocenters. The third-order valence-electron chi connectivity index (χ3n) is 4.91. The molecule has 1 heterocycles. The molecular weight excluding hydrogens is 290 g/mol. The fourth-order valence-electron chi connectivity index (χ4n) is 3.51. The molecule has 1 aromatic rings. The Hall–Kier alpha value is -1.75. The number of nitrogens with one attached hydrogen (secondary N) is 2. The second-order valence-corrected chi connectivity index (χ2v) is 6.57. The molecule has 1 aliphatic heterocycles. The van der Waals surface area contributed by atoms with Crippen LogP contribution in [0.1, 0.15) is 38.5 Å². The zero-order valence-corrected chi connectivity index (χ0v) is 13.9. The number of urea groups is 1. The summed E-state index contributed by atoms with van der Waals surface area (Å²) in [4.78, 5) is 14.4. The summed E-state index contributed by atoms with van der Waals surface area (Å²) in [6, 6.07) is 8.30. The number of hydrogen-bond donors (Lipinski definition) is 2. The molecule has 5 heteroatoms. The van der Waals surface area contributed by atoms with Gasteiger partial charge < -0.3 is 20.3 Å². The minimum atomic E-state index is -0.0923. The van der Waals surface area contributed by atoms with E-state index in [4.69, 9.17) is 4.74 Å². The van der Waals surface area contributed by atoms with Crippen molar-refractivity contribution >= 4 is 17.4 Å². The largest absolute Gasteiger partial charge is 0.380 e. The molecule has 0 bridgehead atoms. The van der Waals surface area contributed by atoms with Crippen LogP contribution in [0.25, 0.3) is 0 Å². The van der Waals surface area contributed by atoms with Crippen molar-refractivity contribution < 1.29 is 9.53 Å². The lowest BCUT2D eigenvalue weighted by atomic mass is 9.96. The van der Waals surface area contributed by atoms with Crippen LogP contribution >= 0.6 is 0 Å². The molecular formula is C18H27N3O2. The highest BCUT2D eigenvalue weighted by Crippen LogP contribution is 2.23. The second kappa shape index (κ2) is 7.68. The summed E-state index contributed by atoms with van der Waals surface area (Å²) in [6.45, 7) is 1.96. The van der Waals surface area contributed by atoms with Crippen molar-refractivity contribution in [1.82, 2.24) is 5.32 Å². The number of methoxy groups -OCH3 is 1. The summed E-state index contributed by atoms with van der Waals surface area (Å²) in [5, 5.41) is 6.01. The number of rotatable bonds is 4. The smallest absolute Gasteiger partial charge is 0.319 e. The Morgan fingerprint density at radius 3 is 2.52 bits per heavy atom. The van der Waals surface area contributed by atoms with Crippen molar-refractivity contribution in [2.45, 2.75) is 50.7 Å². The highest BCUT2D eigenvalue weighted by atomic mass is 16.5. The van der Waals surface area contributed by atoms with Crippen LogP contribution in [0.4, 0.5) is 16.2 Å². The molecule has 1 saturated heterocycles. The number of amides is 2. The Balaban J connectivity index is 1.50. The molecule has 2 fully saturated rings. The predicted octanol–water partition coefficient (Wildman–Crippen LogP) is 3.37. The van der Waals surface area contributed by atoms with E-state index in [1.54, 1.807) is 7.11 Å². The van der Waals surface area contributed by atoms with E-state index in [0.717, 1.165) is 38.0 Å². The second-order valence-electron chi connectivity index (χ2n) is 6.57. The molecule has 1 atom stereocenters. The van der Waals surface area contributed by atoms with Crippen LogP contribution in [0.2, 0.25) is 0 Å². The van der Waals surface area contributed by atoms with Crippen LogP contribution in [0, 0.1) is 0 Å². The normalized spacial score (nSPS) is 22.1. The van der Waals surface area contributed by atoms with Crippen molar-refractivity contribution in [3.63, 3.8) is 0 Å². The van der Waals surface area contributed by atoms with Crippen molar-refractivity contribution in [3.05, 3.63) is 24.3 Å². The van der Waals surface area contributed by atoms with Crippen LogP contribution in [0.15, 0.2) is 24.3 Å². The number of hydrogen-bond acceptors (Lipinski definition) is 3. The van der Waals surface area contributed by atoms with Gasteiger partial charge >= 0.3 is 6.03 Å². The molecule has 2 N–H and O–H groups in total. The van der Waals surface area contributed by atoms with Gasteiger partial charge in [0.25, 0.3) is 0 Å². The van der Waals surface area contributed by atoms with Crippen molar-refractivity contribution in [2.75, 3.05) is 30.4 Å². The third-order valence-corrected chi connectivity index (χ3v) is 4.91. The first-order valence-electron chi connectivity index (χ1n) is 8.70. The topological polar surface area (TPSA) is 53.6 Å². The lowest BCUT2D eigenvalue weighted by molar-refractivity contribution is 0.121. The average Bonchev–Trinajstić information content (AvgIpc) is 3.05. The van der Waals surface area contributed by atoms with Gasteiger partial charge in [0.05, 0.1) is 6.10 Å². The van der Waals surface area contributed by atoms with Crippen LogP contribution in [0.3, 0.4) is 0 Å². The fourth-order valence-corrected chi connectivity index (χ4v) is 3.51. The van der Waals surface area contributed by atoms with Gasteiger partial charge in [0.1, 0.15) is 0 Å². The van der Waals surface area contributed by atoms with Crippen LogP contribution < -0.4 is 15.5 Å². The maximum atomic E-state index is 12.1. The molecule has 23 heavy (non-hydrogen) atoms. The number of nitrogens with zero attached hydrogens (tertiary/aromatic N) is 1. The van der Waals surface area contributed by atoms with E-state index >= 15 is 0 Å². The predicted molar refractivity (Wildman–Crippen MR) is 93.1 cm³/mol. The number of carbonyl (C=O) groups is 1. The lowest BCUT2D eigenvalue weighted by Gasteiger charge is -2.23. The van der Waals surface area contributed by atoms with E-state index in [1.807, 2.05) is 12.1 Å². The van der Waals surface area contributed by atoms with Gasteiger partial charge in [0.2, 0.25) is 0 Å². The first-order valence-corrected chi connectivity index (χ1v) is 8.70. The molecule has 0 spiro atoms. The summed E-state index contributed by atoms with van der Waals surface area (Å²) < 4.78 is 5.40. The molecule has 126 valence electrons. The van der Waals surface area contributed by atoms with E-state index in [0.29, 0.717) is 12.1 Å². The van der Waals surface area contributed by atoms with Gasteiger partial charge in [-0.2, -0.15) is 0 Å². The van der Waals surface area contributed by atoms with Crippen molar-refractivity contribution in [3.8, 4) is 0 Å². The van der Waals surface area contributed by atoms with Crippen LogP contribution in [-0.2, 0) is 4.74 Å². The molecule has 1 aromatic carbocycles. The first kappa shape index (κ1) is 16.1. The molecule has 2 amide bonds. The summed E-state index contributed by atoms with van der Waals surface area (Å²) in [6.07, 6.45) is 7.33. The lowest BCUT2D eigenvalue weighted by Crippen LogP contribution is -2.39. The van der Waals surface area contributed by atoms with Gasteiger partial charge in [-0.1, -0.05) is 19.3 Å². The number of ether oxygens (including phenoxy) is 1. The van der Waals surface area contributed by atoms with Crippen LogP contribution in [0.5, 0.6) is 0 Å². The third kappa shape index (κ3) is 4.38. The molecule has 1 aliphatic carbocycles. The Morgan fingerprint density at radius 2 is 1.87 bits per heavy atom. The van der Waals surface area contributed by atoms with E-state index < -0.39 is 0 Å². The Bertz CT molecular complexity index is 512. The fraction of sp³-hybridized carbons (Fsp3) is 0.611. The monoisotopic (exact) mass is 317 g/mol. The zero-order chi connectivity index (χ0) is 16.1. The van der Waals surface area contributed by atoms with E-state index in [9.17, 15) is 4.79 Å².